The van der Waals surface area contributed by atoms with Gasteiger partial charge in [-0.25, -0.2) is 4.79 Å². The lowest BCUT2D eigenvalue weighted by atomic mass is 10.1. The van der Waals surface area contributed by atoms with Gasteiger partial charge in [-0.05, 0) is 44.9 Å². The van der Waals surface area contributed by atoms with E-state index in [0.29, 0.717) is 23.9 Å². The van der Waals surface area contributed by atoms with E-state index in [4.69, 9.17) is 18.9 Å². The van der Waals surface area contributed by atoms with Gasteiger partial charge in [0.25, 0.3) is 6.29 Å². The van der Waals surface area contributed by atoms with Crippen LogP contribution in [-0.4, -0.2) is 87.4 Å². The highest BCUT2D eigenvalue weighted by Gasteiger charge is 2.25. The molecular weight excluding hydrogens is 586 g/mol. The first-order valence-electron chi connectivity index (χ1n) is 18.0. The molecular formula is C37H68NO8+. The van der Waals surface area contributed by atoms with Crippen LogP contribution < -0.4 is 0 Å². The van der Waals surface area contributed by atoms with Gasteiger partial charge >= 0.3 is 17.9 Å². The quantitative estimate of drug-likeness (QED) is 0.0255. The third-order valence-corrected chi connectivity index (χ3v) is 7.46. The molecule has 0 saturated carbocycles. The highest BCUT2D eigenvalue weighted by molar-refractivity contribution is 5.71. The second kappa shape index (κ2) is 30.1. The zero-order chi connectivity index (χ0) is 34.3. The van der Waals surface area contributed by atoms with E-state index in [1.807, 2.05) is 21.1 Å². The zero-order valence-corrected chi connectivity index (χ0v) is 30.0. The number of likely N-dealkylation sites (N-methyl/N-ethyl adjacent to an activating group) is 1. The predicted octanol–water partition coefficient (Wildman–Crippen LogP) is 8.16. The topological polar surface area (TPSA) is 108 Å². The minimum atomic E-state index is -1.51. The third-order valence-electron chi connectivity index (χ3n) is 7.46. The first-order chi connectivity index (χ1) is 22.1. The summed E-state index contributed by atoms with van der Waals surface area (Å²) < 4.78 is 22.4. The molecule has 0 aromatic carbocycles. The summed E-state index contributed by atoms with van der Waals surface area (Å²) >= 11 is 0. The maximum absolute atomic E-state index is 12.6. The Bertz CT molecular complexity index is 821. The molecule has 1 N–H and O–H groups in total. The van der Waals surface area contributed by atoms with Crippen LogP contribution in [0, 0.1) is 0 Å². The van der Waals surface area contributed by atoms with Crippen LogP contribution in [0.25, 0.3) is 0 Å². The second-order valence-electron chi connectivity index (χ2n) is 13.2. The number of carbonyl (C=O) groups excluding carboxylic acids is 2. The molecule has 2 unspecified atom stereocenters. The number of aliphatic carboxylic acids is 1. The van der Waals surface area contributed by atoms with Crippen LogP contribution >= 0.6 is 0 Å². The lowest BCUT2D eigenvalue weighted by molar-refractivity contribution is -0.870. The molecule has 0 saturated heterocycles. The minimum Gasteiger partial charge on any atom is -0.477 e. The molecule has 0 rings (SSSR count). The summed E-state index contributed by atoms with van der Waals surface area (Å²) in [5, 5.41) is 9.53. The number of esters is 2. The van der Waals surface area contributed by atoms with E-state index in [-0.39, 0.29) is 32.2 Å². The molecule has 0 aromatic rings. The molecule has 0 bridgehead atoms. The maximum atomic E-state index is 12.6. The Kier molecular flexibility index (Phi) is 28.7. The van der Waals surface area contributed by atoms with Crippen LogP contribution in [0.3, 0.4) is 0 Å². The number of rotatable bonds is 32. The Morgan fingerprint density at radius 2 is 1.17 bits per heavy atom. The van der Waals surface area contributed by atoms with Crippen LogP contribution in [0.5, 0.6) is 0 Å². The van der Waals surface area contributed by atoms with Crippen molar-refractivity contribution in [2.75, 3.05) is 47.5 Å². The number of carbonyl (C=O) groups is 3. The van der Waals surface area contributed by atoms with Crippen LogP contribution in [0.1, 0.15) is 136 Å². The van der Waals surface area contributed by atoms with E-state index in [0.717, 1.165) is 70.6 Å². The smallest absolute Gasteiger partial charge is 0.361 e. The lowest BCUT2D eigenvalue weighted by Gasteiger charge is -2.25. The summed E-state index contributed by atoms with van der Waals surface area (Å²) in [6, 6.07) is 0. The predicted molar refractivity (Wildman–Crippen MR) is 184 cm³/mol. The van der Waals surface area contributed by atoms with E-state index in [9.17, 15) is 19.5 Å². The van der Waals surface area contributed by atoms with Gasteiger partial charge in [0.1, 0.15) is 13.2 Å². The monoisotopic (exact) mass is 654 g/mol. The lowest BCUT2D eigenvalue weighted by Crippen LogP contribution is -2.40. The Hall–Kier alpha value is -2.23. The molecule has 0 aliphatic carbocycles. The number of quaternary nitrogens is 1. The molecule has 0 amide bonds. The van der Waals surface area contributed by atoms with Gasteiger partial charge in [-0.15, -0.1) is 0 Å². The number of hydrogen-bond acceptors (Lipinski definition) is 7. The van der Waals surface area contributed by atoms with Crippen LogP contribution in [0.15, 0.2) is 24.3 Å². The largest absolute Gasteiger partial charge is 0.477 e. The summed E-state index contributed by atoms with van der Waals surface area (Å²) in [4.78, 5) is 36.5. The Morgan fingerprint density at radius 3 is 1.74 bits per heavy atom. The van der Waals surface area contributed by atoms with Crippen molar-refractivity contribution >= 4 is 17.9 Å². The van der Waals surface area contributed by atoms with Crippen molar-refractivity contribution < 1.29 is 42.9 Å². The normalized spacial score (nSPS) is 13.3. The fourth-order valence-corrected chi connectivity index (χ4v) is 4.57. The average molecular weight is 655 g/mol. The van der Waals surface area contributed by atoms with E-state index in [1.54, 1.807) is 0 Å². The number of carboxylic acids is 1. The van der Waals surface area contributed by atoms with Gasteiger partial charge in [0.15, 0.2) is 6.10 Å². The second-order valence-corrected chi connectivity index (χ2v) is 13.2. The number of nitrogens with zero attached hydrogens (tertiary/aromatic N) is 1. The first-order valence-corrected chi connectivity index (χ1v) is 18.0. The van der Waals surface area contributed by atoms with Gasteiger partial charge in [-0.1, -0.05) is 102 Å². The summed E-state index contributed by atoms with van der Waals surface area (Å²) in [7, 11) is 5.92. The highest BCUT2D eigenvalue weighted by Crippen LogP contribution is 2.11. The summed E-state index contributed by atoms with van der Waals surface area (Å²) in [5.74, 6) is -2.05. The molecule has 2 atom stereocenters. The number of ether oxygens (including phenoxy) is 4. The van der Waals surface area contributed by atoms with Crippen molar-refractivity contribution in [1.29, 1.82) is 0 Å². The average Bonchev–Trinajstić information content (AvgIpc) is 3.00. The van der Waals surface area contributed by atoms with Crippen LogP contribution in [0.4, 0.5) is 0 Å². The van der Waals surface area contributed by atoms with Gasteiger partial charge in [-0.3, -0.25) is 9.59 Å². The molecule has 0 fully saturated rings. The molecule has 0 spiro atoms. The van der Waals surface area contributed by atoms with E-state index < -0.39 is 24.3 Å². The van der Waals surface area contributed by atoms with Crippen molar-refractivity contribution in [1.82, 2.24) is 0 Å². The number of allylic oxidation sites excluding steroid dienone is 4. The maximum Gasteiger partial charge on any atom is 0.361 e. The molecule has 268 valence electrons. The fourth-order valence-electron chi connectivity index (χ4n) is 4.57. The zero-order valence-electron chi connectivity index (χ0n) is 30.0. The summed E-state index contributed by atoms with van der Waals surface area (Å²) in [6.07, 6.45) is 25.6. The van der Waals surface area contributed by atoms with Crippen molar-refractivity contribution in [3.8, 4) is 0 Å². The standard InChI is InChI=1S/C37H67NO8/c1-6-8-10-12-13-14-15-16-17-18-19-20-21-22-24-26-28-35(40)46-33(31-44-34(39)27-25-23-11-9-7-2)32-45-37(36(41)42)43-30-29-38(3,4)5/h14-15,17-18,33,37H,6-13,16,19-32H2,1-5H3/p+1/b15-14-,18-17-. The van der Waals surface area contributed by atoms with Crippen molar-refractivity contribution in [2.45, 2.75) is 148 Å². The van der Waals surface area contributed by atoms with E-state index in [2.05, 4.69) is 38.2 Å². The molecule has 0 aliphatic heterocycles. The van der Waals surface area contributed by atoms with Gasteiger partial charge < -0.3 is 28.5 Å². The first kappa shape index (κ1) is 43.8. The Morgan fingerprint density at radius 1 is 0.652 bits per heavy atom. The van der Waals surface area contributed by atoms with Crippen molar-refractivity contribution in [3.63, 3.8) is 0 Å². The summed E-state index contributed by atoms with van der Waals surface area (Å²) in [5.41, 5.74) is 0. The molecule has 0 heterocycles. The van der Waals surface area contributed by atoms with Crippen LogP contribution in [-0.2, 0) is 33.3 Å². The van der Waals surface area contributed by atoms with Gasteiger partial charge in [0, 0.05) is 12.8 Å². The number of hydrogen-bond donors (Lipinski definition) is 1. The Balaban J connectivity index is 4.48. The highest BCUT2D eigenvalue weighted by atomic mass is 16.7. The molecule has 9 nitrogen and oxygen atoms in total. The Labute approximate surface area is 280 Å². The minimum absolute atomic E-state index is 0.185. The SMILES string of the molecule is CCCCCC/C=C\C/C=C\CCCCCCCC(=O)OC(COC(=O)CCCCCCC)COC(OCC[N+](C)(C)C)C(=O)O. The molecule has 0 radical (unpaired) electrons. The third kappa shape index (κ3) is 30.4. The summed E-state index contributed by atoms with van der Waals surface area (Å²) in [6.45, 7) is 4.71. The van der Waals surface area contributed by atoms with Gasteiger partial charge in [0.2, 0.25) is 0 Å². The van der Waals surface area contributed by atoms with Crippen molar-refractivity contribution in [3.05, 3.63) is 24.3 Å². The van der Waals surface area contributed by atoms with E-state index >= 15 is 0 Å². The molecule has 0 aromatic heterocycles. The van der Waals surface area contributed by atoms with Gasteiger partial charge in [-0.2, -0.15) is 0 Å². The number of carboxylic acid groups (broad SMARTS) is 1. The number of unbranched alkanes of at least 4 members (excludes halogenated alkanes) is 13. The molecule has 9 heteroatoms. The van der Waals surface area contributed by atoms with E-state index in [1.165, 1.54) is 32.1 Å². The van der Waals surface area contributed by atoms with Gasteiger partial charge in [0.05, 0.1) is 34.4 Å². The van der Waals surface area contributed by atoms with Crippen LogP contribution in [0.2, 0.25) is 0 Å². The molecule has 0 aliphatic rings. The fraction of sp³-hybridized carbons (Fsp3) is 0.811. The molecule has 46 heavy (non-hydrogen) atoms. The van der Waals surface area contributed by atoms with Crippen molar-refractivity contribution in [2.24, 2.45) is 0 Å².